The van der Waals surface area contributed by atoms with Crippen LogP contribution in [0, 0.1) is 0 Å². The number of fused-ring (bicyclic) bond motifs is 1. The Hall–Kier alpha value is -1.77. The summed E-state index contributed by atoms with van der Waals surface area (Å²) in [6.07, 6.45) is 9.37. The zero-order valence-corrected chi connectivity index (χ0v) is 12.8. The monoisotopic (exact) mass is 287 g/mol. The zero-order chi connectivity index (χ0) is 15.1. The first-order chi connectivity index (χ1) is 10.2. The van der Waals surface area contributed by atoms with Gasteiger partial charge in [-0.2, -0.15) is 4.73 Å². The molecule has 0 saturated carbocycles. The Bertz CT molecular complexity index is 631. The Morgan fingerprint density at radius 2 is 1.67 bits per heavy atom. The van der Waals surface area contributed by atoms with E-state index in [0.29, 0.717) is 16.6 Å². The highest BCUT2D eigenvalue weighted by Gasteiger charge is 2.07. The van der Waals surface area contributed by atoms with Crippen LogP contribution in [-0.2, 0) is 6.42 Å². The molecule has 0 aliphatic carbocycles. The van der Waals surface area contributed by atoms with Gasteiger partial charge in [-0.3, -0.25) is 4.79 Å². The molecule has 0 bridgehead atoms. The van der Waals surface area contributed by atoms with Crippen molar-refractivity contribution in [3.63, 3.8) is 0 Å². The van der Waals surface area contributed by atoms with Crippen molar-refractivity contribution in [2.75, 3.05) is 0 Å². The second-order valence-electron chi connectivity index (χ2n) is 5.70. The van der Waals surface area contributed by atoms with E-state index in [4.69, 9.17) is 0 Å². The summed E-state index contributed by atoms with van der Waals surface area (Å²) in [6.45, 7) is 2.22. The van der Waals surface area contributed by atoms with Crippen molar-refractivity contribution in [3.05, 3.63) is 46.2 Å². The SMILES string of the molecule is CCCCCCCCCc1cc(=O)c2ccccc2n1O. The van der Waals surface area contributed by atoms with Crippen molar-refractivity contribution in [1.82, 2.24) is 4.73 Å². The lowest BCUT2D eigenvalue weighted by Gasteiger charge is -2.10. The number of para-hydroxylation sites is 1. The van der Waals surface area contributed by atoms with Gasteiger partial charge in [0.25, 0.3) is 0 Å². The first-order valence-corrected chi connectivity index (χ1v) is 8.07. The Kier molecular flexibility index (Phi) is 5.85. The van der Waals surface area contributed by atoms with Gasteiger partial charge in [0.05, 0.1) is 11.2 Å². The standard InChI is InChI=1S/C18H25NO2/c1-2-3-4-5-6-7-8-11-15-14-18(20)16-12-9-10-13-17(16)19(15)21/h9-10,12-14,21H,2-8,11H2,1H3. The van der Waals surface area contributed by atoms with Crippen LogP contribution in [-0.4, -0.2) is 9.94 Å². The highest BCUT2D eigenvalue weighted by atomic mass is 16.5. The third-order valence-electron chi connectivity index (χ3n) is 4.00. The Labute approximate surface area is 126 Å². The molecule has 2 aromatic rings. The van der Waals surface area contributed by atoms with Gasteiger partial charge in [-0.25, -0.2) is 0 Å². The smallest absolute Gasteiger partial charge is 0.189 e. The molecular formula is C18H25NO2. The van der Waals surface area contributed by atoms with E-state index >= 15 is 0 Å². The molecule has 1 aromatic carbocycles. The maximum absolute atomic E-state index is 12.0. The van der Waals surface area contributed by atoms with Gasteiger partial charge in [0, 0.05) is 11.5 Å². The van der Waals surface area contributed by atoms with E-state index in [1.54, 1.807) is 18.2 Å². The molecule has 114 valence electrons. The number of nitrogens with zero attached hydrogens (tertiary/aromatic N) is 1. The van der Waals surface area contributed by atoms with Crippen LogP contribution in [0.3, 0.4) is 0 Å². The van der Waals surface area contributed by atoms with Gasteiger partial charge in [0.1, 0.15) is 0 Å². The fraction of sp³-hybridized carbons (Fsp3) is 0.500. The molecule has 0 aliphatic rings. The largest absolute Gasteiger partial charge is 0.428 e. The number of unbranched alkanes of at least 4 members (excludes halogenated alkanes) is 6. The molecular weight excluding hydrogens is 262 g/mol. The molecule has 0 unspecified atom stereocenters. The Balaban J connectivity index is 1.93. The van der Waals surface area contributed by atoms with Gasteiger partial charge in [-0.05, 0) is 25.0 Å². The number of hydrogen-bond acceptors (Lipinski definition) is 2. The number of pyridine rings is 1. The summed E-state index contributed by atoms with van der Waals surface area (Å²) in [5.74, 6) is 0. The first-order valence-electron chi connectivity index (χ1n) is 8.07. The average Bonchev–Trinajstić information content (AvgIpc) is 2.51. The van der Waals surface area contributed by atoms with Gasteiger partial charge < -0.3 is 5.21 Å². The second kappa shape index (κ2) is 7.87. The van der Waals surface area contributed by atoms with Crippen molar-refractivity contribution in [2.45, 2.75) is 58.3 Å². The molecule has 0 spiro atoms. The molecule has 1 heterocycles. The highest BCUT2D eigenvalue weighted by Crippen LogP contribution is 2.14. The molecule has 0 fully saturated rings. The van der Waals surface area contributed by atoms with Crippen LogP contribution in [0.4, 0.5) is 0 Å². The minimum absolute atomic E-state index is 0.00570. The predicted molar refractivity (Wildman–Crippen MR) is 87.1 cm³/mol. The minimum atomic E-state index is -0.00570. The summed E-state index contributed by atoms with van der Waals surface area (Å²) in [7, 11) is 0. The maximum atomic E-state index is 12.0. The van der Waals surface area contributed by atoms with Gasteiger partial charge in [0.15, 0.2) is 5.43 Å². The second-order valence-corrected chi connectivity index (χ2v) is 5.70. The number of rotatable bonds is 8. The van der Waals surface area contributed by atoms with Crippen molar-refractivity contribution < 1.29 is 5.21 Å². The van der Waals surface area contributed by atoms with Crippen molar-refractivity contribution in [1.29, 1.82) is 0 Å². The molecule has 1 N–H and O–H groups in total. The lowest BCUT2D eigenvalue weighted by atomic mass is 10.1. The molecule has 0 saturated heterocycles. The lowest BCUT2D eigenvalue weighted by Crippen LogP contribution is -2.12. The normalized spacial score (nSPS) is 11.1. The van der Waals surface area contributed by atoms with Crippen LogP contribution in [0.1, 0.15) is 57.6 Å². The minimum Gasteiger partial charge on any atom is -0.428 e. The van der Waals surface area contributed by atoms with Gasteiger partial charge in [-0.1, -0.05) is 57.6 Å². The molecule has 0 amide bonds. The van der Waals surface area contributed by atoms with E-state index < -0.39 is 0 Å². The molecule has 21 heavy (non-hydrogen) atoms. The number of aromatic nitrogens is 1. The van der Waals surface area contributed by atoms with Crippen LogP contribution in [0.5, 0.6) is 0 Å². The summed E-state index contributed by atoms with van der Waals surface area (Å²) in [4.78, 5) is 12.0. The maximum Gasteiger partial charge on any atom is 0.189 e. The van der Waals surface area contributed by atoms with E-state index in [9.17, 15) is 10.0 Å². The third-order valence-corrected chi connectivity index (χ3v) is 4.00. The number of aryl methyl sites for hydroxylation is 1. The van der Waals surface area contributed by atoms with Crippen molar-refractivity contribution in [3.8, 4) is 0 Å². The molecule has 2 rings (SSSR count). The summed E-state index contributed by atoms with van der Waals surface area (Å²) in [5, 5.41) is 10.8. The Morgan fingerprint density at radius 3 is 2.43 bits per heavy atom. The topological polar surface area (TPSA) is 42.2 Å². The van der Waals surface area contributed by atoms with E-state index in [1.165, 1.54) is 36.8 Å². The molecule has 3 nitrogen and oxygen atoms in total. The summed E-state index contributed by atoms with van der Waals surface area (Å²) < 4.78 is 1.17. The van der Waals surface area contributed by atoms with Gasteiger partial charge >= 0.3 is 0 Å². The van der Waals surface area contributed by atoms with Crippen LogP contribution in [0.15, 0.2) is 35.1 Å². The predicted octanol–water partition coefficient (Wildman–Crippen LogP) is 4.53. The zero-order valence-electron chi connectivity index (χ0n) is 12.8. The van der Waals surface area contributed by atoms with Crippen LogP contribution in [0.25, 0.3) is 10.9 Å². The molecule has 0 aliphatic heterocycles. The quantitative estimate of drug-likeness (QED) is 0.572. The fourth-order valence-corrected chi connectivity index (χ4v) is 2.75. The summed E-state index contributed by atoms with van der Waals surface area (Å²) in [6, 6.07) is 8.76. The van der Waals surface area contributed by atoms with Crippen molar-refractivity contribution >= 4 is 10.9 Å². The van der Waals surface area contributed by atoms with Gasteiger partial charge in [0.2, 0.25) is 0 Å². The molecule has 1 aromatic heterocycles. The highest BCUT2D eigenvalue weighted by molar-refractivity contribution is 5.78. The molecule has 0 atom stereocenters. The molecule has 3 heteroatoms. The van der Waals surface area contributed by atoms with Crippen LogP contribution < -0.4 is 5.43 Å². The lowest BCUT2D eigenvalue weighted by molar-refractivity contribution is 0.187. The summed E-state index contributed by atoms with van der Waals surface area (Å²) in [5.41, 5.74) is 1.31. The average molecular weight is 287 g/mol. The van der Waals surface area contributed by atoms with E-state index in [0.717, 1.165) is 19.3 Å². The van der Waals surface area contributed by atoms with E-state index in [-0.39, 0.29) is 5.43 Å². The molecule has 0 radical (unpaired) electrons. The summed E-state index contributed by atoms with van der Waals surface area (Å²) >= 11 is 0. The van der Waals surface area contributed by atoms with E-state index in [1.807, 2.05) is 12.1 Å². The Morgan fingerprint density at radius 1 is 1.00 bits per heavy atom. The number of hydrogen-bond donors (Lipinski definition) is 1. The fourth-order valence-electron chi connectivity index (χ4n) is 2.75. The first kappa shape index (κ1) is 15.6. The van der Waals surface area contributed by atoms with Crippen LogP contribution in [0.2, 0.25) is 0 Å². The number of benzene rings is 1. The van der Waals surface area contributed by atoms with E-state index in [2.05, 4.69) is 6.92 Å². The van der Waals surface area contributed by atoms with Crippen molar-refractivity contribution in [2.24, 2.45) is 0 Å². The third kappa shape index (κ3) is 4.10. The van der Waals surface area contributed by atoms with Crippen LogP contribution >= 0.6 is 0 Å². The van der Waals surface area contributed by atoms with Gasteiger partial charge in [-0.15, -0.1) is 0 Å².